The summed E-state index contributed by atoms with van der Waals surface area (Å²) in [6, 6.07) is 2.76. The van der Waals surface area contributed by atoms with Crippen LogP contribution in [0.25, 0.3) is 0 Å². The molecular weight excluding hydrogens is 190 g/mol. The minimum Gasteiger partial charge on any atom is -0.495 e. The van der Waals surface area contributed by atoms with Gasteiger partial charge in [-0.3, -0.25) is 9.88 Å². The number of hydrogen-bond acceptors (Lipinski definition) is 4. The van der Waals surface area contributed by atoms with Crippen LogP contribution in [0.15, 0.2) is 18.5 Å². The van der Waals surface area contributed by atoms with E-state index in [-0.39, 0.29) is 0 Å². The standard InChI is InChI=1S/C11H15N3O/c1-15-11-4-9(5-12-6-11)14-3-2-13-7-10(14)8-13/h4-6,10H,2-3,7-8H2,1H3. The quantitative estimate of drug-likeness (QED) is 0.706. The van der Waals surface area contributed by atoms with E-state index in [1.165, 1.54) is 25.3 Å². The molecule has 0 amide bonds. The van der Waals surface area contributed by atoms with Gasteiger partial charge in [0, 0.05) is 32.2 Å². The number of piperazine rings is 2. The maximum Gasteiger partial charge on any atom is 0.139 e. The summed E-state index contributed by atoms with van der Waals surface area (Å²) in [5, 5.41) is 0. The fraction of sp³-hybridized carbons (Fsp3) is 0.545. The van der Waals surface area contributed by atoms with E-state index < -0.39 is 0 Å². The Morgan fingerprint density at radius 1 is 1.33 bits per heavy atom. The van der Waals surface area contributed by atoms with Crippen LogP contribution in [0, 0.1) is 0 Å². The summed E-state index contributed by atoms with van der Waals surface area (Å²) in [6.07, 6.45) is 3.68. The first-order valence-electron chi connectivity index (χ1n) is 5.35. The molecule has 4 rings (SSSR count). The fourth-order valence-electron chi connectivity index (χ4n) is 2.37. The molecule has 1 aromatic rings. The van der Waals surface area contributed by atoms with Crippen LogP contribution in [0.4, 0.5) is 5.69 Å². The van der Waals surface area contributed by atoms with Crippen molar-refractivity contribution in [2.75, 3.05) is 38.2 Å². The van der Waals surface area contributed by atoms with Gasteiger partial charge >= 0.3 is 0 Å². The summed E-state index contributed by atoms with van der Waals surface area (Å²) in [5.41, 5.74) is 1.19. The third-order valence-corrected chi connectivity index (χ3v) is 3.30. The first kappa shape index (κ1) is 8.97. The molecule has 3 aliphatic rings. The van der Waals surface area contributed by atoms with Gasteiger partial charge in [-0.1, -0.05) is 0 Å². The van der Waals surface area contributed by atoms with Gasteiger partial charge in [-0.05, 0) is 0 Å². The van der Waals surface area contributed by atoms with E-state index in [1.54, 1.807) is 13.3 Å². The number of nitrogens with zero attached hydrogens (tertiary/aromatic N) is 3. The first-order chi connectivity index (χ1) is 7.36. The Morgan fingerprint density at radius 3 is 2.87 bits per heavy atom. The monoisotopic (exact) mass is 205 g/mol. The molecule has 0 atom stereocenters. The molecule has 0 unspecified atom stereocenters. The lowest BCUT2D eigenvalue weighted by molar-refractivity contribution is 0.110. The van der Waals surface area contributed by atoms with Crippen molar-refractivity contribution in [3.63, 3.8) is 0 Å². The molecule has 0 saturated carbocycles. The summed E-state index contributed by atoms with van der Waals surface area (Å²) in [5.74, 6) is 0.842. The number of pyridine rings is 1. The molecule has 80 valence electrons. The third kappa shape index (κ3) is 1.45. The Morgan fingerprint density at radius 2 is 2.20 bits per heavy atom. The van der Waals surface area contributed by atoms with E-state index in [2.05, 4.69) is 20.9 Å². The van der Waals surface area contributed by atoms with Crippen molar-refractivity contribution in [3.05, 3.63) is 18.5 Å². The van der Waals surface area contributed by atoms with Crippen LogP contribution in [0.1, 0.15) is 0 Å². The predicted octanol–water partition coefficient (Wildman–Crippen LogP) is 0.594. The van der Waals surface area contributed by atoms with Crippen molar-refractivity contribution in [1.29, 1.82) is 0 Å². The highest BCUT2D eigenvalue weighted by Gasteiger charge is 2.36. The molecule has 0 aliphatic carbocycles. The summed E-state index contributed by atoms with van der Waals surface area (Å²) in [6.45, 7) is 4.70. The lowest BCUT2D eigenvalue weighted by Gasteiger charge is -2.52. The minimum atomic E-state index is 0.688. The number of aromatic nitrogens is 1. The van der Waals surface area contributed by atoms with E-state index in [9.17, 15) is 0 Å². The van der Waals surface area contributed by atoms with Crippen molar-refractivity contribution < 1.29 is 4.74 Å². The van der Waals surface area contributed by atoms with E-state index in [0.29, 0.717) is 6.04 Å². The summed E-state index contributed by atoms with van der Waals surface area (Å²) in [4.78, 5) is 9.12. The highest BCUT2D eigenvalue weighted by Crippen LogP contribution is 2.28. The van der Waals surface area contributed by atoms with Gasteiger partial charge < -0.3 is 9.64 Å². The normalized spacial score (nSPS) is 28.5. The van der Waals surface area contributed by atoms with Crippen LogP contribution in [0.5, 0.6) is 5.75 Å². The Balaban J connectivity index is 1.84. The van der Waals surface area contributed by atoms with Gasteiger partial charge in [0.05, 0.1) is 31.2 Å². The smallest absolute Gasteiger partial charge is 0.139 e. The van der Waals surface area contributed by atoms with Crippen molar-refractivity contribution in [2.24, 2.45) is 0 Å². The van der Waals surface area contributed by atoms with Gasteiger partial charge in [-0.15, -0.1) is 0 Å². The molecule has 4 heterocycles. The topological polar surface area (TPSA) is 28.6 Å². The fourth-order valence-corrected chi connectivity index (χ4v) is 2.37. The second kappa shape index (κ2) is 3.38. The average molecular weight is 205 g/mol. The number of hydrogen-bond donors (Lipinski definition) is 0. The lowest BCUT2D eigenvalue weighted by atomic mass is 10.0. The maximum absolute atomic E-state index is 5.19. The van der Waals surface area contributed by atoms with Gasteiger partial charge in [0.1, 0.15) is 5.75 Å². The van der Waals surface area contributed by atoms with Crippen molar-refractivity contribution >= 4 is 5.69 Å². The zero-order valence-corrected chi connectivity index (χ0v) is 8.89. The molecule has 15 heavy (non-hydrogen) atoms. The second-order valence-electron chi connectivity index (χ2n) is 4.19. The molecule has 0 aromatic carbocycles. The zero-order valence-electron chi connectivity index (χ0n) is 8.89. The van der Waals surface area contributed by atoms with E-state index in [1.807, 2.05) is 6.20 Å². The Kier molecular flexibility index (Phi) is 2.02. The van der Waals surface area contributed by atoms with Gasteiger partial charge in [0.2, 0.25) is 0 Å². The van der Waals surface area contributed by atoms with Crippen molar-refractivity contribution in [2.45, 2.75) is 6.04 Å². The molecule has 1 aromatic heterocycles. The number of ether oxygens (including phenoxy) is 1. The van der Waals surface area contributed by atoms with Gasteiger partial charge in [0.15, 0.2) is 0 Å². The van der Waals surface area contributed by atoms with Crippen molar-refractivity contribution in [1.82, 2.24) is 9.88 Å². The Hall–Kier alpha value is -1.29. The Bertz CT molecular complexity index is 360. The number of fused-ring (bicyclic) bond motifs is 2. The number of rotatable bonds is 2. The van der Waals surface area contributed by atoms with Gasteiger partial charge in [-0.25, -0.2) is 0 Å². The maximum atomic E-state index is 5.19. The second-order valence-corrected chi connectivity index (χ2v) is 4.19. The van der Waals surface area contributed by atoms with Crippen LogP contribution in [0.2, 0.25) is 0 Å². The molecule has 3 aliphatic heterocycles. The van der Waals surface area contributed by atoms with Crippen LogP contribution >= 0.6 is 0 Å². The predicted molar refractivity (Wildman–Crippen MR) is 58.4 cm³/mol. The number of anilines is 1. The van der Waals surface area contributed by atoms with Gasteiger partial charge in [-0.2, -0.15) is 0 Å². The third-order valence-electron chi connectivity index (χ3n) is 3.30. The SMILES string of the molecule is COc1cncc(N2CCN3CC2C3)c1. The Labute approximate surface area is 89.5 Å². The minimum absolute atomic E-state index is 0.688. The van der Waals surface area contributed by atoms with Crippen LogP contribution in [-0.4, -0.2) is 49.2 Å². The van der Waals surface area contributed by atoms with E-state index in [0.717, 1.165) is 12.3 Å². The first-order valence-corrected chi connectivity index (χ1v) is 5.35. The molecular formula is C11H15N3O. The molecule has 4 nitrogen and oxygen atoms in total. The van der Waals surface area contributed by atoms with Crippen LogP contribution in [0.3, 0.4) is 0 Å². The highest BCUT2D eigenvalue weighted by molar-refractivity contribution is 5.50. The molecule has 0 N–H and O–H groups in total. The number of methoxy groups -OCH3 is 1. The summed E-state index contributed by atoms with van der Waals surface area (Å²) in [7, 11) is 1.68. The average Bonchev–Trinajstić information content (AvgIpc) is 2.28. The zero-order chi connectivity index (χ0) is 10.3. The molecule has 3 fully saturated rings. The molecule has 3 saturated heterocycles. The van der Waals surface area contributed by atoms with E-state index >= 15 is 0 Å². The highest BCUT2D eigenvalue weighted by atomic mass is 16.5. The van der Waals surface area contributed by atoms with E-state index in [4.69, 9.17) is 4.74 Å². The molecule has 0 radical (unpaired) electrons. The van der Waals surface area contributed by atoms with Crippen LogP contribution in [-0.2, 0) is 0 Å². The molecule has 2 bridgehead atoms. The summed E-state index contributed by atoms with van der Waals surface area (Å²) >= 11 is 0. The molecule has 0 spiro atoms. The lowest BCUT2D eigenvalue weighted by Crippen LogP contribution is -2.66. The molecule has 4 heteroatoms. The largest absolute Gasteiger partial charge is 0.495 e. The van der Waals surface area contributed by atoms with Gasteiger partial charge in [0.25, 0.3) is 0 Å². The summed E-state index contributed by atoms with van der Waals surface area (Å²) < 4.78 is 5.19. The van der Waals surface area contributed by atoms with Crippen LogP contribution < -0.4 is 9.64 Å². The van der Waals surface area contributed by atoms with Crippen molar-refractivity contribution in [3.8, 4) is 5.75 Å².